The van der Waals surface area contributed by atoms with Gasteiger partial charge >= 0.3 is 0 Å². The van der Waals surface area contributed by atoms with Gasteiger partial charge in [0.15, 0.2) is 12.4 Å². The Kier molecular flexibility index (Phi) is 6.21. The van der Waals surface area contributed by atoms with Crippen LogP contribution in [0.4, 0.5) is 0 Å². The standard InChI is InChI=1S/C20H18N3OS2.ClH/c1-14-4-5-20(26-14)19(24)12-23-7-2-3-16(11-23)18-10-17(21-22-18)9-15-6-8-25-13-15;/h2-8,10-11,13H,9,12H2,1H3,(H,21,22);1H/q+1;/p-1. The van der Waals surface area contributed by atoms with Crippen LogP contribution in [0.2, 0.25) is 0 Å². The van der Waals surface area contributed by atoms with Crippen molar-refractivity contribution in [3.05, 3.63) is 80.6 Å². The van der Waals surface area contributed by atoms with E-state index in [1.807, 2.05) is 48.1 Å². The number of pyridine rings is 1. The first-order chi connectivity index (χ1) is 12.7. The van der Waals surface area contributed by atoms with E-state index in [2.05, 4.69) is 33.1 Å². The van der Waals surface area contributed by atoms with Gasteiger partial charge in [0.1, 0.15) is 0 Å². The zero-order chi connectivity index (χ0) is 17.9. The smallest absolute Gasteiger partial charge is 0.237 e. The summed E-state index contributed by atoms with van der Waals surface area (Å²) in [4.78, 5) is 14.4. The fourth-order valence-electron chi connectivity index (χ4n) is 2.81. The Balaban J connectivity index is 0.00000210. The molecular weight excluding hydrogens is 398 g/mol. The maximum atomic E-state index is 12.4. The zero-order valence-corrected chi connectivity index (χ0v) is 17.1. The molecule has 138 valence electrons. The van der Waals surface area contributed by atoms with E-state index in [-0.39, 0.29) is 18.2 Å². The van der Waals surface area contributed by atoms with Gasteiger partial charge in [-0.25, -0.2) is 0 Å². The van der Waals surface area contributed by atoms with Gasteiger partial charge in [-0.1, -0.05) is 0 Å². The molecule has 0 saturated carbocycles. The van der Waals surface area contributed by atoms with Gasteiger partial charge in [-0.05, 0) is 53.6 Å². The van der Waals surface area contributed by atoms with Gasteiger partial charge in [0, 0.05) is 23.1 Å². The molecule has 0 aliphatic rings. The van der Waals surface area contributed by atoms with E-state index in [0.29, 0.717) is 6.54 Å². The van der Waals surface area contributed by atoms with E-state index in [4.69, 9.17) is 0 Å². The van der Waals surface area contributed by atoms with Gasteiger partial charge in [-0.2, -0.15) is 21.0 Å². The summed E-state index contributed by atoms with van der Waals surface area (Å²) < 4.78 is 1.92. The highest BCUT2D eigenvalue weighted by Gasteiger charge is 2.15. The molecule has 0 spiro atoms. The van der Waals surface area contributed by atoms with Crippen molar-refractivity contribution in [3.8, 4) is 11.3 Å². The van der Waals surface area contributed by atoms with Crippen molar-refractivity contribution >= 4 is 28.5 Å². The Morgan fingerprint density at radius 3 is 2.89 bits per heavy atom. The zero-order valence-electron chi connectivity index (χ0n) is 14.7. The van der Waals surface area contributed by atoms with Crippen LogP contribution in [-0.4, -0.2) is 16.0 Å². The minimum absolute atomic E-state index is 0. The number of aromatic amines is 1. The van der Waals surface area contributed by atoms with Crippen molar-refractivity contribution in [1.82, 2.24) is 10.2 Å². The number of nitrogens with one attached hydrogen (secondary N) is 1. The lowest BCUT2D eigenvalue weighted by molar-refractivity contribution is -0.682. The van der Waals surface area contributed by atoms with Crippen LogP contribution in [0, 0.1) is 6.92 Å². The van der Waals surface area contributed by atoms with Crippen LogP contribution in [0.5, 0.6) is 0 Å². The lowest BCUT2D eigenvalue weighted by atomic mass is 10.1. The highest BCUT2D eigenvalue weighted by molar-refractivity contribution is 7.14. The van der Waals surface area contributed by atoms with Crippen LogP contribution in [0.1, 0.15) is 25.8 Å². The maximum absolute atomic E-state index is 12.4. The van der Waals surface area contributed by atoms with Gasteiger partial charge in [0.05, 0.1) is 16.1 Å². The molecule has 0 aliphatic carbocycles. The molecule has 4 nitrogen and oxygen atoms in total. The summed E-state index contributed by atoms with van der Waals surface area (Å²) in [5.74, 6) is 0.130. The van der Waals surface area contributed by atoms with Gasteiger partial charge in [-0.3, -0.25) is 9.89 Å². The van der Waals surface area contributed by atoms with Gasteiger partial charge in [0.2, 0.25) is 12.3 Å². The first-order valence-corrected chi connectivity index (χ1v) is 10.1. The van der Waals surface area contributed by atoms with Gasteiger partial charge in [-0.15, -0.1) is 11.3 Å². The molecule has 0 aliphatic heterocycles. The minimum atomic E-state index is 0. The topological polar surface area (TPSA) is 49.6 Å². The number of hydrogen-bond donors (Lipinski definition) is 1. The first-order valence-electron chi connectivity index (χ1n) is 8.32. The van der Waals surface area contributed by atoms with Gasteiger partial charge in [0.25, 0.3) is 0 Å². The van der Waals surface area contributed by atoms with Crippen molar-refractivity contribution in [3.63, 3.8) is 0 Å². The number of ketones is 1. The lowest BCUT2D eigenvalue weighted by Crippen LogP contribution is -3.00. The van der Waals surface area contributed by atoms with Crippen LogP contribution >= 0.6 is 22.7 Å². The summed E-state index contributed by atoms with van der Waals surface area (Å²) in [7, 11) is 0. The van der Waals surface area contributed by atoms with E-state index in [9.17, 15) is 4.79 Å². The second-order valence-corrected chi connectivity index (χ2v) is 8.25. The summed E-state index contributed by atoms with van der Waals surface area (Å²) in [6, 6.07) is 12.0. The molecule has 0 saturated heterocycles. The van der Waals surface area contributed by atoms with Crippen molar-refractivity contribution in [2.45, 2.75) is 19.9 Å². The predicted octanol–water partition coefficient (Wildman–Crippen LogP) is 1.27. The average Bonchev–Trinajstić information content (AvgIpc) is 3.38. The molecule has 0 fully saturated rings. The second kappa shape index (κ2) is 8.61. The Morgan fingerprint density at radius 1 is 1.26 bits per heavy atom. The van der Waals surface area contributed by atoms with Crippen LogP contribution in [0.25, 0.3) is 11.3 Å². The summed E-state index contributed by atoms with van der Waals surface area (Å²) in [5, 5.41) is 11.8. The number of aromatic nitrogens is 3. The summed E-state index contributed by atoms with van der Waals surface area (Å²) in [6.45, 7) is 2.35. The molecule has 4 heterocycles. The van der Waals surface area contributed by atoms with Crippen LogP contribution < -0.4 is 17.0 Å². The van der Waals surface area contributed by atoms with Crippen LogP contribution in [0.15, 0.2) is 59.6 Å². The number of halogens is 1. The van der Waals surface area contributed by atoms with E-state index < -0.39 is 0 Å². The van der Waals surface area contributed by atoms with Crippen molar-refractivity contribution in [2.24, 2.45) is 0 Å². The fraction of sp³-hybridized carbons (Fsp3) is 0.150. The molecule has 4 rings (SSSR count). The number of aryl methyl sites for hydroxylation is 1. The van der Waals surface area contributed by atoms with E-state index >= 15 is 0 Å². The molecule has 0 aromatic carbocycles. The number of rotatable bonds is 6. The number of thiophene rings is 2. The number of hydrogen-bond acceptors (Lipinski definition) is 4. The third-order valence-electron chi connectivity index (χ3n) is 4.10. The second-order valence-electron chi connectivity index (χ2n) is 6.19. The van der Waals surface area contributed by atoms with E-state index in [1.165, 1.54) is 5.56 Å². The molecule has 1 N–H and O–H groups in total. The van der Waals surface area contributed by atoms with Gasteiger partial charge < -0.3 is 12.4 Å². The highest BCUT2D eigenvalue weighted by Crippen LogP contribution is 2.19. The van der Waals surface area contributed by atoms with Crippen molar-refractivity contribution in [2.75, 3.05) is 0 Å². The normalized spacial score (nSPS) is 10.6. The first kappa shape index (κ1) is 19.5. The minimum Gasteiger partial charge on any atom is -1.00 e. The number of carbonyl (C=O) groups is 1. The molecule has 0 bridgehead atoms. The number of H-pyrrole nitrogens is 1. The SMILES string of the molecule is Cc1ccc(C(=O)C[n+]2cccc(-c3cc(Cc4ccsc4)[nH]n3)c2)s1.[Cl-]. The number of nitrogens with zero attached hydrogens (tertiary/aromatic N) is 2. The third-order valence-corrected chi connectivity index (χ3v) is 5.87. The molecule has 0 radical (unpaired) electrons. The van der Waals surface area contributed by atoms with E-state index in [0.717, 1.165) is 33.1 Å². The largest absolute Gasteiger partial charge is 1.00 e. The quantitative estimate of drug-likeness (QED) is 0.381. The molecule has 4 aromatic heterocycles. The Morgan fingerprint density at radius 2 is 2.15 bits per heavy atom. The third kappa shape index (κ3) is 4.71. The Labute approximate surface area is 171 Å². The van der Waals surface area contributed by atoms with Crippen LogP contribution in [0.3, 0.4) is 0 Å². The Hall–Kier alpha value is -2.28. The lowest BCUT2D eigenvalue weighted by Gasteiger charge is -1.98. The van der Waals surface area contributed by atoms with Crippen molar-refractivity contribution < 1.29 is 21.8 Å². The molecule has 0 unspecified atom stereocenters. The number of Topliss-reactive ketones (excluding diaryl/α,β-unsaturated/α-hetero) is 1. The fourth-order valence-corrected chi connectivity index (χ4v) is 4.28. The molecular formula is C20H18ClN3OS2. The molecule has 0 atom stereocenters. The van der Waals surface area contributed by atoms with Crippen molar-refractivity contribution in [1.29, 1.82) is 0 Å². The average molecular weight is 416 g/mol. The number of carbonyl (C=O) groups excluding carboxylic acids is 1. The Bertz CT molecular complexity index is 1040. The summed E-state index contributed by atoms with van der Waals surface area (Å²) in [6.07, 6.45) is 4.74. The summed E-state index contributed by atoms with van der Waals surface area (Å²) in [5.41, 5.74) is 4.25. The highest BCUT2D eigenvalue weighted by atomic mass is 35.5. The molecule has 7 heteroatoms. The molecule has 4 aromatic rings. The monoisotopic (exact) mass is 415 g/mol. The summed E-state index contributed by atoms with van der Waals surface area (Å²) >= 11 is 3.24. The molecule has 27 heavy (non-hydrogen) atoms. The maximum Gasteiger partial charge on any atom is 0.237 e. The predicted molar refractivity (Wildman–Crippen MR) is 105 cm³/mol. The molecule has 0 amide bonds. The van der Waals surface area contributed by atoms with E-state index in [1.54, 1.807) is 22.7 Å². The van der Waals surface area contributed by atoms with Crippen LogP contribution in [-0.2, 0) is 13.0 Å².